The Labute approximate surface area is 53.6 Å². The van der Waals surface area contributed by atoms with Crippen molar-refractivity contribution in [2.24, 2.45) is 5.73 Å². The number of nitrogens with one attached hydrogen (secondary N) is 1. The van der Waals surface area contributed by atoms with Crippen LogP contribution in [0.3, 0.4) is 0 Å². The highest BCUT2D eigenvalue weighted by atomic mass is 15.1. The van der Waals surface area contributed by atoms with Crippen LogP contribution in [-0.4, -0.2) is 16.7 Å². The van der Waals surface area contributed by atoms with Crippen LogP contribution in [0.1, 0.15) is 5.69 Å². The van der Waals surface area contributed by atoms with Gasteiger partial charge in [-0.15, -0.1) is 0 Å². The van der Waals surface area contributed by atoms with Gasteiger partial charge in [-0.2, -0.15) is 5.10 Å². The number of aromatic nitrogens is 2. The molecule has 0 bridgehead atoms. The largest absolute Gasteiger partial charge is 0.326 e. The Morgan fingerprint density at radius 2 is 2.67 bits per heavy atom. The Balaban J connectivity index is 2.77. The fourth-order valence-electron chi connectivity index (χ4n) is 0.563. The van der Waals surface area contributed by atoms with Crippen LogP contribution in [0.5, 0.6) is 0 Å². The van der Waals surface area contributed by atoms with Gasteiger partial charge in [-0.25, -0.2) is 0 Å². The second-order valence-corrected chi connectivity index (χ2v) is 1.78. The minimum absolute atomic E-state index is 0.474. The lowest BCUT2D eigenvalue weighted by molar-refractivity contribution is 1.06. The van der Waals surface area contributed by atoms with Crippen LogP contribution >= 0.6 is 0 Å². The zero-order valence-corrected chi connectivity index (χ0v) is 5.09. The molecule has 0 saturated carbocycles. The van der Waals surface area contributed by atoms with Crippen molar-refractivity contribution in [3.05, 3.63) is 24.5 Å². The predicted octanol–water partition coefficient (Wildman–Crippen LogP) is 0.382. The zero-order chi connectivity index (χ0) is 6.69. The molecular formula is C6H9N3. The highest BCUT2D eigenvalue weighted by Gasteiger charge is 1.94. The highest BCUT2D eigenvalue weighted by Crippen LogP contribution is 2.03. The molecule has 0 aliphatic carbocycles. The predicted molar refractivity (Wildman–Crippen MR) is 36.7 cm³/mol. The van der Waals surface area contributed by atoms with Crippen molar-refractivity contribution in [2.45, 2.75) is 0 Å². The first-order valence-corrected chi connectivity index (χ1v) is 2.72. The van der Waals surface area contributed by atoms with E-state index in [2.05, 4.69) is 16.8 Å². The molecule has 3 nitrogen and oxygen atoms in total. The van der Waals surface area contributed by atoms with Gasteiger partial charge in [-0.3, -0.25) is 5.10 Å². The normalized spacial score (nSPS) is 9.44. The Morgan fingerprint density at radius 3 is 3.11 bits per heavy atom. The molecular weight excluding hydrogens is 114 g/mol. The number of nitrogens with zero attached hydrogens (tertiary/aromatic N) is 1. The van der Waals surface area contributed by atoms with Gasteiger partial charge in [0.15, 0.2) is 0 Å². The molecule has 1 aromatic rings. The van der Waals surface area contributed by atoms with Crippen LogP contribution in [0, 0.1) is 0 Å². The molecule has 1 heterocycles. The molecule has 1 rings (SSSR count). The number of rotatable bonds is 2. The zero-order valence-electron chi connectivity index (χ0n) is 5.09. The van der Waals surface area contributed by atoms with Crippen LogP contribution in [0.4, 0.5) is 0 Å². The van der Waals surface area contributed by atoms with Crippen LogP contribution in [0.15, 0.2) is 18.8 Å². The van der Waals surface area contributed by atoms with Crippen molar-refractivity contribution in [3.8, 4) is 0 Å². The molecule has 0 spiro atoms. The van der Waals surface area contributed by atoms with E-state index in [4.69, 9.17) is 5.73 Å². The molecule has 3 N–H and O–H groups in total. The third-order valence-electron chi connectivity index (χ3n) is 1.13. The summed E-state index contributed by atoms with van der Waals surface area (Å²) in [6, 6.07) is 1.84. The maximum atomic E-state index is 5.32. The molecule has 0 aromatic carbocycles. The first-order valence-electron chi connectivity index (χ1n) is 2.72. The van der Waals surface area contributed by atoms with Crippen molar-refractivity contribution in [3.63, 3.8) is 0 Å². The molecule has 0 unspecified atom stereocenters. The SMILES string of the molecule is C=C(CN)c1ccn[nH]1. The Kier molecular flexibility index (Phi) is 1.65. The van der Waals surface area contributed by atoms with Gasteiger partial charge in [0, 0.05) is 12.7 Å². The minimum atomic E-state index is 0.474. The number of nitrogens with two attached hydrogens (primary N) is 1. The fraction of sp³-hybridized carbons (Fsp3) is 0.167. The van der Waals surface area contributed by atoms with Gasteiger partial charge in [-0.1, -0.05) is 6.58 Å². The lowest BCUT2D eigenvalue weighted by Gasteiger charge is -1.93. The average molecular weight is 123 g/mol. The summed E-state index contributed by atoms with van der Waals surface area (Å²) in [4.78, 5) is 0. The number of H-pyrrole nitrogens is 1. The molecule has 9 heavy (non-hydrogen) atoms. The van der Waals surface area contributed by atoms with E-state index in [1.165, 1.54) is 0 Å². The van der Waals surface area contributed by atoms with E-state index in [0.717, 1.165) is 11.3 Å². The average Bonchev–Trinajstić information content (AvgIpc) is 2.37. The lowest BCUT2D eigenvalue weighted by Crippen LogP contribution is -2.00. The van der Waals surface area contributed by atoms with Gasteiger partial charge in [-0.05, 0) is 11.6 Å². The topological polar surface area (TPSA) is 54.7 Å². The Bertz CT molecular complexity index is 188. The second kappa shape index (κ2) is 2.46. The van der Waals surface area contributed by atoms with Gasteiger partial charge in [0.1, 0.15) is 0 Å². The molecule has 48 valence electrons. The maximum Gasteiger partial charge on any atom is 0.0616 e. The second-order valence-electron chi connectivity index (χ2n) is 1.78. The standard InChI is InChI=1S/C6H9N3/c1-5(4-7)6-2-3-8-9-6/h2-3H,1,4,7H2,(H,8,9). The molecule has 0 saturated heterocycles. The van der Waals surface area contributed by atoms with E-state index >= 15 is 0 Å². The molecule has 1 aromatic heterocycles. The summed E-state index contributed by atoms with van der Waals surface area (Å²) in [5.74, 6) is 0. The molecule has 0 atom stereocenters. The summed E-state index contributed by atoms with van der Waals surface area (Å²) >= 11 is 0. The smallest absolute Gasteiger partial charge is 0.0616 e. The molecule has 0 radical (unpaired) electrons. The number of aromatic amines is 1. The van der Waals surface area contributed by atoms with Crippen molar-refractivity contribution < 1.29 is 0 Å². The van der Waals surface area contributed by atoms with Crippen molar-refractivity contribution in [1.82, 2.24) is 10.2 Å². The third kappa shape index (κ3) is 1.17. The minimum Gasteiger partial charge on any atom is -0.326 e. The van der Waals surface area contributed by atoms with Crippen LogP contribution in [0.2, 0.25) is 0 Å². The Morgan fingerprint density at radius 1 is 1.89 bits per heavy atom. The summed E-state index contributed by atoms with van der Waals surface area (Å²) in [6.07, 6.45) is 1.68. The molecule has 0 aliphatic rings. The first kappa shape index (κ1) is 6.04. The van der Waals surface area contributed by atoms with E-state index in [9.17, 15) is 0 Å². The summed E-state index contributed by atoms with van der Waals surface area (Å²) in [7, 11) is 0. The van der Waals surface area contributed by atoms with Crippen LogP contribution < -0.4 is 5.73 Å². The summed E-state index contributed by atoms with van der Waals surface area (Å²) in [6.45, 7) is 4.19. The van der Waals surface area contributed by atoms with Crippen molar-refractivity contribution >= 4 is 5.57 Å². The monoisotopic (exact) mass is 123 g/mol. The van der Waals surface area contributed by atoms with Gasteiger partial charge in [0.05, 0.1) is 5.69 Å². The van der Waals surface area contributed by atoms with E-state index in [-0.39, 0.29) is 0 Å². The molecule has 3 heteroatoms. The molecule has 0 aliphatic heterocycles. The molecule has 0 amide bonds. The van der Waals surface area contributed by atoms with E-state index in [0.29, 0.717) is 6.54 Å². The highest BCUT2D eigenvalue weighted by molar-refractivity contribution is 5.60. The van der Waals surface area contributed by atoms with E-state index < -0.39 is 0 Å². The number of hydrogen-bond donors (Lipinski definition) is 2. The van der Waals surface area contributed by atoms with Crippen LogP contribution in [0.25, 0.3) is 5.57 Å². The molecule has 0 fully saturated rings. The summed E-state index contributed by atoms with van der Waals surface area (Å²) in [5.41, 5.74) is 7.11. The third-order valence-corrected chi connectivity index (χ3v) is 1.13. The van der Waals surface area contributed by atoms with Crippen LogP contribution in [-0.2, 0) is 0 Å². The summed E-state index contributed by atoms with van der Waals surface area (Å²) in [5, 5.41) is 6.51. The lowest BCUT2D eigenvalue weighted by atomic mass is 10.2. The quantitative estimate of drug-likeness (QED) is 0.597. The van der Waals surface area contributed by atoms with Gasteiger partial charge >= 0.3 is 0 Å². The van der Waals surface area contributed by atoms with E-state index in [1.54, 1.807) is 6.20 Å². The van der Waals surface area contributed by atoms with Gasteiger partial charge < -0.3 is 5.73 Å². The first-order chi connectivity index (χ1) is 4.34. The van der Waals surface area contributed by atoms with Crippen molar-refractivity contribution in [1.29, 1.82) is 0 Å². The van der Waals surface area contributed by atoms with E-state index in [1.807, 2.05) is 6.07 Å². The maximum absolute atomic E-state index is 5.32. The Hall–Kier alpha value is -1.09. The van der Waals surface area contributed by atoms with Gasteiger partial charge in [0.2, 0.25) is 0 Å². The number of hydrogen-bond acceptors (Lipinski definition) is 2. The summed E-state index contributed by atoms with van der Waals surface area (Å²) < 4.78 is 0. The van der Waals surface area contributed by atoms with Crippen molar-refractivity contribution in [2.75, 3.05) is 6.54 Å². The van der Waals surface area contributed by atoms with Gasteiger partial charge in [0.25, 0.3) is 0 Å². The fourth-order valence-corrected chi connectivity index (χ4v) is 0.563.